The summed E-state index contributed by atoms with van der Waals surface area (Å²) in [7, 11) is 2.00. The van der Waals surface area contributed by atoms with Crippen LogP contribution in [0.3, 0.4) is 0 Å². The molecule has 0 saturated carbocycles. The molecular formula is C13H22N4O. The average molecular weight is 250 g/mol. The van der Waals surface area contributed by atoms with Crippen LogP contribution in [0, 0.1) is 5.92 Å². The fourth-order valence-electron chi connectivity index (χ4n) is 1.64. The van der Waals surface area contributed by atoms with E-state index in [4.69, 9.17) is 5.73 Å². The van der Waals surface area contributed by atoms with Gasteiger partial charge in [0.25, 0.3) is 0 Å². The van der Waals surface area contributed by atoms with Crippen LogP contribution in [-0.2, 0) is 11.3 Å². The van der Waals surface area contributed by atoms with Crippen LogP contribution in [-0.4, -0.2) is 35.9 Å². The van der Waals surface area contributed by atoms with Crippen molar-refractivity contribution in [3.05, 3.63) is 23.9 Å². The topological polar surface area (TPSA) is 71.2 Å². The van der Waals surface area contributed by atoms with Crippen molar-refractivity contribution in [2.24, 2.45) is 5.92 Å². The first-order valence-corrected chi connectivity index (χ1v) is 6.20. The van der Waals surface area contributed by atoms with E-state index in [2.05, 4.69) is 22.1 Å². The van der Waals surface area contributed by atoms with E-state index in [0.29, 0.717) is 12.4 Å². The van der Waals surface area contributed by atoms with Gasteiger partial charge in [-0.1, -0.05) is 19.9 Å². The zero-order chi connectivity index (χ0) is 13.5. The number of hydrogen-bond donors (Lipinski definition) is 2. The van der Waals surface area contributed by atoms with Gasteiger partial charge in [-0.2, -0.15) is 0 Å². The quantitative estimate of drug-likeness (QED) is 0.786. The Morgan fingerprint density at radius 3 is 2.94 bits per heavy atom. The summed E-state index contributed by atoms with van der Waals surface area (Å²) in [6.45, 7) is 6.12. The second-order valence-corrected chi connectivity index (χ2v) is 4.52. The smallest absolute Gasteiger partial charge is 0.224 e. The molecule has 5 heteroatoms. The summed E-state index contributed by atoms with van der Waals surface area (Å²) < 4.78 is 0. The molecule has 18 heavy (non-hydrogen) atoms. The minimum atomic E-state index is -0.0344. The molecule has 0 unspecified atom stereocenters. The fourth-order valence-corrected chi connectivity index (χ4v) is 1.64. The molecule has 1 amide bonds. The predicted molar refractivity (Wildman–Crippen MR) is 72.8 cm³/mol. The van der Waals surface area contributed by atoms with Crippen LogP contribution in [0.5, 0.6) is 0 Å². The molecule has 1 aromatic heterocycles. The number of nitrogens with one attached hydrogen (secondary N) is 1. The van der Waals surface area contributed by atoms with Gasteiger partial charge >= 0.3 is 0 Å². The Kier molecular flexibility index (Phi) is 5.58. The first-order valence-electron chi connectivity index (χ1n) is 6.20. The lowest BCUT2D eigenvalue weighted by Gasteiger charge is -2.19. The summed E-state index contributed by atoms with van der Waals surface area (Å²) >= 11 is 0. The second kappa shape index (κ2) is 6.96. The van der Waals surface area contributed by atoms with Gasteiger partial charge < -0.3 is 16.0 Å². The maximum atomic E-state index is 11.9. The summed E-state index contributed by atoms with van der Waals surface area (Å²) in [6, 6.07) is 3.68. The van der Waals surface area contributed by atoms with Crippen molar-refractivity contribution in [3.8, 4) is 0 Å². The molecule has 0 bridgehead atoms. The third-order valence-electron chi connectivity index (χ3n) is 2.95. The van der Waals surface area contributed by atoms with Crippen LogP contribution >= 0.6 is 0 Å². The van der Waals surface area contributed by atoms with Gasteiger partial charge in [0.2, 0.25) is 5.91 Å². The van der Waals surface area contributed by atoms with E-state index in [-0.39, 0.29) is 11.8 Å². The second-order valence-electron chi connectivity index (χ2n) is 4.52. The highest BCUT2D eigenvalue weighted by molar-refractivity contribution is 5.78. The summed E-state index contributed by atoms with van der Waals surface area (Å²) in [4.78, 5) is 18.0. The van der Waals surface area contributed by atoms with E-state index in [9.17, 15) is 4.79 Å². The van der Waals surface area contributed by atoms with Crippen molar-refractivity contribution >= 4 is 11.7 Å². The van der Waals surface area contributed by atoms with E-state index < -0.39 is 0 Å². The molecular weight excluding hydrogens is 228 g/mol. The van der Waals surface area contributed by atoms with Gasteiger partial charge in [-0.05, 0) is 19.7 Å². The molecule has 0 saturated heterocycles. The van der Waals surface area contributed by atoms with Crippen LogP contribution in [0.15, 0.2) is 18.3 Å². The number of aromatic nitrogens is 1. The third kappa shape index (κ3) is 4.33. The van der Waals surface area contributed by atoms with Gasteiger partial charge in [0.05, 0.1) is 0 Å². The molecule has 0 spiro atoms. The number of carbonyl (C=O) groups excluding carboxylic acids is 1. The van der Waals surface area contributed by atoms with Gasteiger partial charge in [-0.3, -0.25) is 4.79 Å². The fraction of sp³-hybridized carbons (Fsp3) is 0.538. The number of hydrogen-bond acceptors (Lipinski definition) is 4. The van der Waals surface area contributed by atoms with Crippen molar-refractivity contribution in [1.82, 2.24) is 15.2 Å². The number of carbonyl (C=O) groups is 1. The maximum absolute atomic E-state index is 11.9. The summed E-state index contributed by atoms with van der Waals surface area (Å²) in [5.74, 6) is 0.475. The van der Waals surface area contributed by atoms with E-state index in [1.165, 1.54) is 0 Å². The molecule has 1 heterocycles. The number of nitrogen functional groups attached to an aromatic ring is 1. The number of nitrogens with two attached hydrogens (primary N) is 1. The third-order valence-corrected chi connectivity index (χ3v) is 2.95. The molecule has 5 nitrogen and oxygen atoms in total. The monoisotopic (exact) mass is 250 g/mol. The highest BCUT2D eigenvalue weighted by Gasteiger charge is 2.14. The van der Waals surface area contributed by atoms with Gasteiger partial charge in [0.1, 0.15) is 5.82 Å². The lowest BCUT2D eigenvalue weighted by Crippen LogP contribution is -2.35. The molecule has 1 rings (SSSR count). The Morgan fingerprint density at radius 2 is 2.33 bits per heavy atom. The molecule has 1 atom stereocenters. The number of nitrogens with zero attached hydrogens (tertiary/aromatic N) is 2. The van der Waals surface area contributed by atoms with Crippen molar-refractivity contribution in [3.63, 3.8) is 0 Å². The van der Waals surface area contributed by atoms with Crippen molar-refractivity contribution in [2.75, 3.05) is 25.9 Å². The number of rotatable bonds is 6. The Labute approximate surface area is 108 Å². The largest absolute Gasteiger partial charge is 0.383 e. The number of amides is 1. The molecule has 1 aromatic rings. The zero-order valence-electron chi connectivity index (χ0n) is 11.3. The van der Waals surface area contributed by atoms with E-state index in [1.54, 1.807) is 6.20 Å². The Hall–Kier alpha value is -1.62. The van der Waals surface area contributed by atoms with Gasteiger partial charge in [-0.25, -0.2) is 4.98 Å². The van der Waals surface area contributed by atoms with Crippen LogP contribution in [0.4, 0.5) is 5.82 Å². The zero-order valence-corrected chi connectivity index (χ0v) is 11.3. The standard InChI is InChI=1S/C13H22N4O/c1-4-17(3)9-10(2)13(18)16-8-11-6-5-7-15-12(11)14/h5-7,10H,4,8-9H2,1-3H3,(H2,14,15)(H,16,18)/t10-/m1/s1. The molecule has 0 aliphatic carbocycles. The predicted octanol–water partition coefficient (Wildman–Crippen LogP) is 0.868. The lowest BCUT2D eigenvalue weighted by atomic mass is 10.1. The van der Waals surface area contributed by atoms with Crippen LogP contribution in [0.25, 0.3) is 0 Å². The summed E-state index contributed by atoms with van der Waals surface area (Å²) in [5, 5.41) is 2.88. The van der Waals surface area contributed by atoms with Gasteiger partial charge in [-0.15, -0.1) is 0 Å². The molecule has 0 fully saturated rings. The van der Waals surface area contributed by atoms with Crippen molar-refractivity contribution in [2.45, 2.75) is 20.4 Å². The molecule has 100 valence electrons. The number of pyridine rings is 1. The molecule has 0 aliphatic rings. The molecule has 3 N–H and O–H groups in total. The lowest BCUT2D eigenvalue weighted by molar-refractivity contribution is -0.125. The summed E-state index contributed by atoms with van der Waals surface area (Å²) in [5.41, 5.74) is 6.56. The first kappa shape index (κ1) is 14.4. The summed E-state index contributed by atoms with van der Waals surface area (Å²) in [6.07, 6.45) is 1.64. The minimum absolute atomic E-state index is 0.0344. The van der Waals surface area contributed by atoms with Crippen molar-refractivity contribution < 1.29 is 4.79 Å². The van der Waals surface area contributed by atoms with Gasteiger partial charge in [0.15, 0.2) is 0 Å². The minimum Gasteiger partial charge on any atom is -0.383 e. The highest BCUT2D eigenvalue weighted by atomic mass is 16.1. The average Bonchev–Trinajstić information content (AvgIpc) is 2.37. The van der Waals surface area contributed by atoms with E-state index >= 15 is 0 Å². The Morgan fingerprint density at radius 1 is 1.61 bits per heavy atom. The molecule has 0 aromatic carbocycles. The van der Waals surface area contributed by atoms with Crippen LogP contribution in [0.1, 0.15) is 19.4 Å². The molecule has 0 aliphatic heterocycles. The SMILES string of the molecule is CCN(C)C[C@@H](C)C(=O)NCc1cccnc1N. The first-order chi connectivity index (χ1) is 8.54. The van der Waals surface area contributed by atoms with Crippen LogP contribution in [0.2, 0.25) is 0 Å². The van der Waals surface area contributed by atoms with E-state index in [0.717, 1.165) is 18.7 Å². The van der Waals surface area contributed by atoms with Gasteiger partial charge in [0, 0.05) is 30.8 Å². The number of anilines is 1. The highest BCUT2D eigenvalue weighted by Crippen LogP contribution is 2.06. The Bertz CT molecular complexity index is 394. The van der Waals surface area contributed by atoms with E-state index in [1.807, 2.05) is 26.1 Å². The normalized spacial score (nSPS) is 12.4. The maximum Gasteiger partial charge on any atom is 0.224 e. The van der Waals surface area contributed by atoms with Crippen molar-refractivity contribution in [1.29, 1.82) is 0 Å². The van der Waals surface area contributed by atoms with Crippen LogP contribution < -0.4 is 11.1 Å². The Balaban J connectivity index is 2.44. The molecule has 0 radical (unpaired) electrons.